The Morgan fingerprint density at radius 2 is 2.38 bits per heavy atom. The first-order valence-corrected chi connectivity index (χ1v) is 4.39. The molecular formula is C9H14N2O2. The lowest BCUT2D eigenvalue weighted by Gasteiger charge is -2.00. The number of hydrogen-bond donors (Lipinski definition) is 1. The lowest BCUT2D eigenvalue weighted by molar-refractivity contribution is -0.137. The molecule has 0 aromatic carbocycles. The van der Waals surface area contributed by atoms with Gasteiger partial charge in [-0.25, -0.2) is 0 Å². The summed E-state index contributed by atoms with van der Waals surface area (Å²) in [4.78, 5) is 10.2. The van der Waals surface area contributed by atoms with E-state index in [2.05, 4.69) is 5.10 Å². The Kier molecular flexibility index (Phi) is 3.49. The van der Waals surface area contributed by atoms with Crippen LogP contribution in [0.1, 0.15) is 25.0 Å². The molecule has 1 aromatic rings. The highest BCUT2D eigenvalue weighted by atomic mass is 16.4. The third-order valence-corrected chi connectivity index (χ3v) is 2.00. The number of aromatic nitrogens is 2. The highest BCUT2D eigenvalue weighted by Gasteiger charge is 2.00. The van der Waals surface area contributed by atoms with Crippen LogP contribution >= 0.6 is 0 Å². The van der Waals surface area contributed by atoms with Gasteiger partial charge in [-0.1, -0.05) is 0 Å². The van der Waals surface area contributed by atoms with E-state index in [0.717, 1.165) is 25.0 Å². The van der Waals surface area contributed by atoms with Gasteiger partial charge < -0.3 is 5.11 Å². The molecule has 4 heteroatoms. The number of aryl methyl sites for hydroxylation is 2. The van der Waals surface area contributed by atoms with Gasteiger partial charge in [0.1, 0.15) is 0 Å². The predicted molar refractivity (Wildman–Crippen MR) is 48.4 cm³/mol. The lowest BCUT2D eigenvalue weighted by atomic mass is 10.1. The second-order valence-corrected chi connectivity index (χ2v) is 3.05. The maximum Gasteiger partial charge on any atom is 0.303 e. The molecule has 1 rings (SSSR count). The van der Waals surface area contributed by atoms with Crippen LogP contribution in [0.5, 0.6) is 0 Å². The maximum absolute atomic E-state index is 10.2. The predicted octanol–water partition coefficient (Wildman–Crippen LogP) is 1.22. The quantitative estimate of drug-likeness (QED) is 0.696. The van der Waals surface area contributed by atoms with E-state index in [1.54, 1.807) is 6.20 Å². The molecule has 1 N–H and O–H groups in total. The zero-order valence-electron chi connectivity index (χ0n) is 7.73. The molecule has 4 nitrogen and oxygen atoms in total. The molecule has 0 unspecified atom stereocenters. The molecule has 0 spiro atoms. The van der Waals surface area contributed by atoms with E-state index < -0.39 is 5.97 Å². The molecule has 0 radical (unpaired) electrons. The smallest absolute Gasteiger partial charge is 0.303 e. The molecule has 72 valence electrons. The van der Waals surface area contributed by atoms with Crippen molar-refractivity contribution in [3.8, 4) is 0 Å². The molecule has 0 aliphatic rings. The molecule has 0 amide bonds. The molecule has 13 heavy (non-hydrogen) atoms. The normalized spacial score (nSPS) is 10.2. The fourth-order valence-corrected chi connectivity index (χ4v) is 1.23. The average molecular weight is 182 g/mol. The highest BCUT2D eigenvalue weighted by Crippen LogP contribution is 2.04. The summed E-state index contributed by atoms with van der Waals surface area (Å²) < 4.78 is 1.82. The van der Waals surface area contributed by atoms with Gasteiger partial charge in [0, 0.05) is 25.4 Å². The number of carboxylic acids is 1. The SMILES string of the molecule is Cn1nccc1CCCCC(=O)O. The minimum atomic E-state index is -0.718. The summed E-state index contributed by atoms with van der Waals surface area (Å²) in [7, 11) is 1.90. The van der Waals surface area contributed by atoms with Crippen LogP contribution in [0.3, 0.4) is 0 Å². The van der Waals surface area contributed by atoms with Crippen molar-refractivity contribution in [2.75, 3.05) is 0 Å². The van der Waals surface area contributed by atoms with Crippen molar-refractivity contribution in [2.45, 2.75) is 25.7 Å². The Morgan fingerprint density at radius 3 is 2.92 bits per heavy atom. The average Bonchev–Trinajstić information content (AvgIpc) is 2.45. The number of rotatable bonds is 5. The van der Waals surface area contributed by atoms with Crippen LogP contribution in [-0.2, 0) is 18.3 Å². The van der Waals surface area contributed by atoms with E-state index in [9.17, 15) is 4.79 Å². The van der Waals surface area contributed by atoms with Gasteiger partial charge in [0.25, 0.3) is 0 Å². The molecule has 0 fully saturated rings. The van der Waals surface area contributed by atoms with Gasteiger partial charge in [0.05, 0.1) is 0 Å². The van der Waals surface area contributed by atoms with Crippen molar-refractivity contribution in [3.63, 3.8) is 0 Å². The Hall–Kier alpha value is -1.32. The van der Waals surface area contributed by atoms with Gasteiger partial charge in [-0.15, -0.1) is 0 Å². The fourth-order valence-electron chi connectivity index (χ4n) is 1.23. The number of nitrogens with zero attached hydrogens (tertiary/aromatic N) is 2. The van der Waals surface area contributed by atoms with Crippen LogP contribution in [0, 0.1) is 0 Å². The summed E-state index contributed by atoms with van der Waals surface area (Å²) >= 11 is 0. The fraction of sp³-hybridized carbons (Fsp3) is 0.556. The number of unbranched alkanes of at least 4 members (excludes halogenated alkanes) is 1. The van der Waals surface area contributed by atoms with Crippen molar-refractivity contribution in [2.24, 2.45) is 7.05 Å². The first-order chi connectivity index (χ1) is 6.20. The summed E-state index contributed by atoms with van der Waals surface area (Å²) in [6, 6.07) is 1.96. The molecule has 0 saturated heterocycles. The molecule has 0 atom stereocenters. The van der Waals surface area contributed by atoms with Crippen molar-refractivity contribution in [1.82, 2.24) is 9.78 Å². The molecule has 0 saturated carbocycles. The van der Waals surface area contributed by atoms with E-state index in [4.69, 9.17) is 5.11 Å². The van der Waals surface area contributed by atoms with E-state index in [1.807, 2.05) is 17.8 Å². The molecule has 1 aromatic heterocycles. The second-order valence-electron chi connectivity index (χ2n) is 3.05. The van der Waals surface area contributed by atoms with E-state index >= 15 is 0 Å². The third kappa shape index (κ3) is 3.27. The van der Waals surface area contributed by atoms with Gasteiger partial charge in [0.2, 0.25) is 0 Å². The molecule has 0 bridgehead atoms. The van der Waals surface area contributed by atoms with Crippen molar-refractivity contribution < 1.29 is 9.90 Å². The van der Waals surface area contributed by atoms with Crippen LogP contribution in [-0.4, -0.2) is 20.9 Å². The van der Waals surface area contributed by atoms with Gasteiger partial charge in [-0.05, 0) is 25.3 Å². The number of carbonyl (C=O) groups is 1. The number of aliphatic carboxylic acids is 1. The van der Waals surface area contributed by atoms with Crippen LogP contribution in [0.2, 0.25) is 0 Å². The van der Waals surface area contributed by atoms with Gasteiger partial charge in [-0.2, -0.15) is 5.10 Å². The van der Waals surface area contributed by atoms with E-state index in [0.29, 0.717) is 0 Å². The summed E-state index contributed by atoms with van der Waals surface area (Å²) in [6.07, 6.45) is 4.57. The first kappa shape index (κ1) is 9.77. The minimum Gasteiger partial charge on any atom is -0.481 e. The summed E-state index contributed by atoms with van der Waals surface area (Å²) in [6.45, 7) is 0. The van der Waals surface area contributed by atoms with Crippen LogP contribution < -0.4 is 0 Å². The zero-order chi connectivity index (χ0) is 9.68. The first-order valence-electron chi connectivity index (χ1n) is 4.39. The Labute approximate surface area is 77.2 Å². The zero-order valence-corrected chi connectivity index (χ0v) is 7.73. The van der Waals surface area contributed by atoms with E-state index in [1.165, 1.54) is 0 Å². The maximum atomic E-state index is 10.2. The summed E-state index contributed by atoms with van der Waals surface area (Å²) in [5, 5.41) is 12.4. The van der Waals surface area contributed by atoms with Crippen molar-refractivity contribution >= 4 is 5.97 Å². The molecule has 0 aliphatic heterocycles. The molecule has 1 heterocycles. The van der Waals surface area contributed by atoms with Crippen LogP contribution in [0.4, 0.5) is 0 Å². The highest BCUT2D eigenvalue weighted by molar-refractivity contribution is 5.66. The Balaban J connectivity index is 2.20. The van der Waals surface area contributed by atoms with E-state index in [-0.39, 0.29) is 6.42 Å². The lowest BCUT2D eigenvalue weighted by Crippen LogP contribution is -1.99. The van der Waals surface area contributed by atoms with Crippen molar-refractivity contribution in [3.05, 3.63) is 18.0 Å². The number of carboxylic acid groups (broad SMARTS) is 1. The van der Waals surface area contributed by atoms with Gasteiger partial charge in [-0.3, -0.25) is 9.48 Å². The standard InChI is InChI=1S/C9H14N2O2/c1-11-8(6-7-10-11)4-2-3-5-9(12)13/h6-7H,2-5H2,1H3,(H,12,13). The van der Waals surface area contributed by atoms with Crippen molar-refractivity contribution in [1.29, 1.82) is 0 Å². The number of hydrogen-bond acceptors (Lipinski definition) is 2. The summed E-state index contributed by atoms with van der Waals surface area (Å²) in [5.41, 5.74) is 1.16. The van der Waals surface area contributed by atoms with Crippen LogP contribution in [0.15, 0.2) is 12.3 Å². The Morgan fingerprint density at radius 1 is 1.62 bits per heavy atom. The topological polar surface area (TPSA) is 55.1 Å². The third-order valence-electron chi connectivity index (χ3n) is 2.00. The molecule has 0 aliphatic carbocycles. The summed E-state index contributed by atoms with van der Waals surface area (Å²) in [5.74, 6) is -0.718. The minimum absolute atomic E-state index is 0.262. The second kappa shape index (κ2) is 4.64. The van der Waals surface area contributed by atoms with Gasteiger partial charge in [0.15, 0.2) is 0 Å². The van der Waals surface area contributed by atoms with Gasteiger partial charge >= 0.3 is 5.97 Å². The molecular weight excluding hydrogens is 168 g/mol. The monoisotopic (exact) mass is 182 g/mol. The van der Waals surface area contributed by atoms with Crippen LogP contribution in [0.25, 0.3) is 0 Å². The largest absolute Gasteiger partial charge is 0.481 e. The Bertz CT molecular complexity index is 281.